The molecule has 3 aromatic rings. The fourth-order valence-electron chi connectivity index (χ4n) is 2.54. The van der Waals surface area contributed by atoms with Crippen LogP contribution in [0.2, 0.25) is 5.02 Å². The van der Waals surface area contributed by atoms with Crippen molar-refractivity contribution in [2.75, 3.05) is 0 Å². The molecule has 23 heavy (non-hydrogen) atoms. The number of esters is 1. The number of carbonyl (C=O) groups is 1. The van der Waals surface area contributed by atoms with E-state index in [1.54, 1.807) is 18.2 Å². The van der Waals surface area contributed by atoms with Crippen LogP contribution in [-0.2, 0) is 11.8 Å². The molecule has 1 heterocycles. The molecule has 0 bridgehead atoms. The second-order valence-electron chi connectivity index (χ2n) is 5.30. The molecule has 4 heteroatoms. The molecular weight excluding hydrogens is 310 g/mol. The summed E-state index contributed by atoms with van der Waals surface area (Å²) in [4.78, 5) is 11.2. The lowest BCUT2D eigenvalue weighted by atomic mass is 10.1. The summed E-state index contributed by atoms with van der Waals surface area (Å²) in [6, 6.07) is 15.5. The van der Waals surface area contributed by atoms with Gasteiger partial charge in [0.25, 0.3) is 0 Å². The fraction of sp³-hybridized carbons (Fsp3) is 0.105. The van der Waals surface area contributed by atoms with Crippen molar-refractivity contribution in [3.63, 3.8) is 0 Å². The molecule has 0 saturated carbocycles. The Labute approximate surface area is 139 Å². The molecule has 0 fully saturated rings. The largest absolute Gasteiger partial charge is 0.426 e. The predicted octanol–water partition coefficient (Wildman–Crippen LogP) is 4.93. The van der Waals surface area contributed by atoms with Crippen molar-refractivity contribution in [2.24, 2.45) is 7.05 Å². The van der Waals surface area contributed by atoms with Crippen LogP contribution in [0.25, 0.3) is 23.1 Å². The maximum atomic E-state index is 11.2. The van der Waals surface area contributed by atoms with Gasteiger partial charge < -0.3 is 9.30 Å². The number of para-hydroxylation sites is 1. The van der Waals surface area contributed by atoms with Gasteiger partial charge in [-0.15, -0.1) is 0 Å². The second-order valence-corrected chi connectivity index (χ2v) is 5.73. The highest BCUT2D eigenvalue weighted by Crippen LogP contribution is 2.26. The molecule has 3 nitrogen and oxygen atoms in total. The summed E-state index contributed by atoms with van der Waals surface area (Å²) < 4.78 is 7.34. The highest BCUT2D eigenvalue weighted by Gasteiger charge is 2.06. The molecule has 0 aliphatic rings. The monoisotopic (exact) mass is 325 g/mol. The third-order valence-corrected chi connectivity index (χ3v) is 3.88. The Morgan fingerprint density at radius 2 is 1.91 bits per heavy atom. The molecule has 0 aliphatic heterocycles. The summed E-state index contributed by atoms with van der Waals surface area (Å²) in [6.07, 6.45) is 3.89. The summed E-state index contributed by atoms with van der Waals surface area (Å²) >= 11 is 6.05. The molecule has 0 radical (unpaired) electrons. The Balaban J connectivity index is 2.00. The first-order chi connectivity index (χ1) is 11.0. The second kappa shape index (κ2) is 6.31. The van der Waals surface area contributed by atoms with E-state index >= 15 is 0 Å². The zero-order valence-corrected chi connectivity index (χ0v) is 13.7. The molecular formula is C19H16ClNO2. The van der Waals surface area contributed by atoms with E-state index in [4.69, 9.17) is 16.3 Å². The zero-order valence-electron chi connectivity index (χ0n) is 12.9. The van der Waals surface area contributed by atoms with Gasteiger partial charge in [0.05, 0.1) is 0 Å². The molecule has 0 aliphatic carbocycles. The SMILES string of the molecule is CC(=O)Oc1ccc(Cl)cc1/C=C/c1cc2ccccc2n1C. The third-order valence-electron chi connectivity index (χ3n) is 3.65. The number of halogens is 1. The first-order valence-electron chi connectivity index (χ1n) is 7.25. The van der Waals surface area contributed by atoms with Gasteiger partial charge in [-0.05, 0) is 42.5 Å². The van der Waals surface area contributed by atoms with Crippen molar-refractivity contribution in [3.05, 3.63) is 64.8 Å². The quantitative estimate of drug-likeness (QED) is 0.505. The Morgan fingerprint density at radius 3 is 2.65 bits per heavy atom. The van der Waals surface area contributed by atoms with Crippen LogP contribution in [0.4, 0.5) is 0 Å². The molecule has 0 atom stereocenters. The van der Waals surface area contributed by atoms with Gasteiger partial charge in [-0.1, -0.05) is 29.8 Å². The van der Waals surface area contributed by atoms with Crippen LogP contribution in [-0.4, -0.2) is 10.5 Å². The van der Waals surface area contributed by atoms with Crippen molar-refractivity contribution in [1.82, 2.24) is 4.57 Å². The number of fused-ring (bicyclic) bond motifs is 1. The third kappa shape index (κ3) is 3.30. The normalized spacial score (nSPS) is 11.3. The topological polar surface area (TPSA) is 31.2 Å². The van der Waals surface area contributed by atoms with Crippen LogP contribution in [0.15, 0.2) is 48.5 Å². The molecule has 1 aromatic heterocycles. The Morgan fingerprint density at radius 1 is 1.13 bits per heavy atom. The minimum atomic E-state index is -0.355. The van der Waals surface area contributed by atoms with Crippen molar-refractivity contribution in [2.45, 2.75) is 6.92 Å². The zero-order chi connectivity index (χ0) is 16.4. The van der Waals surface area contributed by atoms with Crippen molar-refractivity contribution >= 4 is 40.6 Å². The maximum Gasteiger partial charge on any atom is 0.308 e. The van der Waals surface area contributed by atoms with Crippen molar-refractivity contribution < 1.29 is 9.53 Å². The Hall–Kier alpha value is -2.52. The molecule has 2 aromatic carbocycles. The number of hydrogen-bond acceptors (Lipinski definition) is 2. The van der Waals surface area contributed by atoms with Gasteiger partial charge in [-0.3, -0.25) is 4.79 Å². The van der Waals surface area contributed by atoms with Crippen LogP contribution in [0.3, 0.4) is 0 Å². The number of hydrogen-bond donors (Lipinski definition) is 0. The van der Waals surface area contributed by atoms with E-state index in [0.717, 1.165) is 11.3 Å². The first-order valence-corrected chi connectivity index (χ1v) is 7.63. The average molecular weight is 326 g/mol. The van der Waals surface area contributed by atoms with E-state index in [2.05, 4.69) is 22.8 Å². The lowest BCUT2D eigenvalue weighted by Gasteiger charge is -2.06. The number of rotatable bonds is 3. The van der Waals surface area contributed by atoms with Gasteiger partial charge >= 0.3 is 5.97 Å². The summed E-state index contributed by atoms with van der Waals surface area (Å²) in [5, 5.41) is 1.78. The maximum absolute atomic E-state index is 11.2. The Kier molecular flexibility index (Phi) is 4.22. The molecule has 0 spiro atoms. The Bertz CT molecular complexity index is 909. The van der Waals surface area contributed by atoms with Gasteiger partial charge in [0.15, 0.2) is 0 Å². The lowest BCUT2D eigenvalue weighted by Crippen LogP contribution is -2.02. The molecule has 0 saturated heterocycles. The number of nitrogens with zero attached hydrogens (tertiary/aromatic N) is 1. The van der Waals surface area contributed by atoms with Gasteiger partial charge in [0.2, 0.25) is 0 Å². The molecule has 3 rings (SSSR count). The smallest absolute Gasteiger partial charge is 0.308 e. The number of aryl methyl sites for hydroxylation is 1. The molecule has 0 amide bonds. The van der Waals surface area contributed by atoms with Gasteiger partial charge in [-0.25, -0.2) is 0 Å². The number of benzene rings is 2. The minimum Gasteiger partial charge on any atom is -0.426 e. The lowest BCUT2D eigenvalue weighted by molar-refractivity contribution is -0.131. The van der Waals surface area contributed by atoms with Gasteiger partial charge in [-0.2, -0.15) is 0 Å². The standard InChI is InChI=1S/C19H16ClNO2/c1-13(22)23-19-10-8-16(20)11-15(19)7-9-17-12-14-5-3-4-6-18(14)21(17)2/h3-12H,1-2H3/b9-7+. The summed E-state index contributed by atoms with van der Waals surface area (Å²) in [5.74, 6) is 0.142. The van der Waals surface area contributed by atoms with Crippen LogP contribution in [0.5, 0.6) is 5.75 Å². The number of ether oxygens (including phenoxy) is 1. The van der Waals surface area contributed by atoms with Crippen LogP contribution in [0.1, 0.15) is 18.2 Å². The van der Waals surface area contributed by atoms with E-state index in [9.17, 15) is 4.79 Å². The number of carbonyl (C=O) groups excluding carboxylic acids is 1. The molecule has 116 valence electrons. The first kappa shape index (κ1) is 15.4. The van der Waals surface area contributed by atoms with Gasteiger partial charge in [0, 0.05) is 41.2 Å². The van der Waals surface area contributed by atoms with E-state index in [-0.39, 0.29) is 5.97 Å². The van der Waals surface area contributed by atoms with E-state index in [1.807, 2.05) is 31.3 Å². The number of aromatic nitrogens is 1. The van der Waals surface area contributed by atoms with Crippen molar-refractivity contribution in [1.29, 1.82) is 0 Å². The van der Waals surface area contributed by atoms with Crippen molar-refractivity contribution in [3.8, 4) is 5.75 Å². The van der Waals surface area contributed by atoms with E-state index in [1.165, 1.54) is 17.8 Å². The minimum absolute atomic E-state index is 0.355. The molecule has 0 unspecified atom stereocenters. The van der Waals surface area contributed by atoms with Gasteiger partial charge in [0.1, 0.15) is 5.75 Å². The van der Waals surface area contributed by atoms with Crippen LogP contribution in [0, 0.1) is 0 Å². The summed E-state index contributed by atoms with van der Waals surface area (Å²) in [7, 11) is 2.02. The van der Waals surface area contributed by atoms with Crippen LogP contribution >= 0.6 is 11.6 Å². The van der Waals surface area contributed by atoms with E-state index in [0.29, 0.717) is 10.8 Å². The molecule has 0 N–H and O–H groups in total. The van der Waals surface area contributed by atoms with E-state index < -0.39 is 0 Å². The highest BCUT2D eigenvalue weighted by atomic mass is 35.5. The predicted molar refractivity (Wildman–Crippen MR) is 94.6 cm³/mol. The van der Waals surface area contributed by atoms with Crippen LogP contribution < -0.4 is 4.74 Å². The fourth-order valence-corrected chi connectivity index (χ4v) is 2.72. The summed E-state index contributed by atoms with van der Waals surface area (Å²) in [6.45, 7) is 1.38. The highest BCUT2D eigenvalue weighted by molar-refractivity contribution is 6.30. The average Bonchev–Trinajstić information content (AvgIpc) is 2.84. The summed E-state index contributed by atoms with van der Waals surface area (Å²) in [5.41, 5.74) is 2.98.